The molecular formula is C15H19ClN2O2. The summed E-state index contributed by atoms with van der Waals surface area (Å²) in [5.41, 5.74) is 0.858. The number of nitrogens with one attached hydrogen (secondary N) is 1. The van der Waals surface area contributed by atoms with Gasteiger partial charge in [-0.2, -0.15) is 0 Å². The predicted molar refractivity (Wildman–Crippen MR) is 82.1 cm³/mol. The lowest BCUT2D eigenvalue weighted by Gasteiger charge is -2.24. The molecule has 1 N–H and O–H groups in total. The maximum atomic E-state index is 6.13. The Kier molecular flexibility index (Phi) is 5.04. The van der Waals surface area contributed by atoms with Crippen molar-refractivity contribution in [2.75, 3.05) is 20.2 Å². The van der Waals surface area contributed by atoms with Crippen molar-refractivity contribution in [3.63, 3.8) is 0 Å². The first-order valence-corrected chi connectivity index (χ1v) is 6.67. The van der Waals surface area contributed by atoms with E-state index in [9.17, 15) is 0 Å². The first-order valence-electron chi connectivity index (χ1n) is 6.67. The van der Waals surface area contributed by atoms with E-state index in [0.29, 0.717) is 0 Å². The Morgan fingerprint density at radius 3 is 2.70 bits per heavy atom. The maximum Gasteiger partial charge on any atom is 0.145 e. The lowest BCUT2D eigenvalue weighted by atomic mass is 10.1. The number of nitrogens with zero attached hydrogens (tertiary/aromatic N) is 1. The highest BCUT2D eigenvalue weighted by molar-refractivity contribution is 5.89. The number of piperidine rings is 1. The van der Waals surface area contributed by atoms with Crippen molar-refractivity contribution in [2.24, 2.45) is 0 Å². The number of aromatic nitrogens is 1. The quantitative estimate of drug-likeness (QED) is 0.945. The van der Waals surface area contributed by atoms with E-state index in [4.69, 9.17) is 9.47 Å². The molecular weight excluding hydrogens is 276 g/mol. The molecule has 2 aromatic rings. The Morgan fingerprint density at radius 1 is 1.15 bits per heavy atom. The maximum absolute atomic E-state index is 6.13. The Morgan fingerprint density at radius 2 is 1.95 bits per heavy atom. The van der Waals surface area contributed by atoms with E-state index in [1.807, 2.05) is 24.3 Å². The Labute approximate surface area is 124 Å². The molecule has 0 radical (unpaired) electrons. The number of halogens is 1. The average molecular weight is 295 g/mol. The van der Waals surface area contributed by atoms with Gasteiger partial charge in [0.25, 0.3) is 0 Å². The van der Waals surface area contributed by atoms with Gasteiger partial charge < -0.3 is 14.8 Å². The minimum absolute atomic E-state index is 0. The highest BCUT2D eigenvalue weighted by atomic mass is 35.5. The van der Waals surface area contributed by atoms with Crippen LogP contribution in [0.25, 0.3) is 10.9 Å². The number of ether oxygens (including phenoxy) is 2. The predicted octanol–water partition coefficient (Wildman–Crippen LogP) is 2.80. The topological polar surface area (TPSA) is 43.4 Å². The van der Waals surface area contributed by atoms with Gasteiger partial charge in [0.1, 0.15) is 23.1 Å². The highest BCUT2D eigenvalue weighted by Crippen LogP contribution is 2.31. The van der Waals surface area contributed by atoms with Crippen molar-refractivity contribution < 1.29 is 9.47 Å². The molecule has 0 spiro atoms. The van der Waals surface area contributed by atoms with Crippen molar-refractivity contribution in [2.45, 2.75) is 18.9 Å². The summed E-state index contributed by atoms with van der Waals surface area (Å²) in [6, 6.07) is 7.85. The van der Waals surface area contributed by atoms with Crippen LogP contribution in [0.5, 0.6) is 11.5 Å². The molecule has 108 valence electrons. The fraction of sp³-hybridized carbons (Fsp3) is 0.400. The number of fused-ring (bicyclic) bond motifs is 1. The van der Waals surface area contributed by atoms with Gasteiger partial charge in [-0.3, -0.25) is 4.98 Å². The average Bonchev–Trinajstić information content (AvgIpc) is 2.48. The van der Waals surface area contributed by atoms with Gasteiger partial charge in [-0.25, -0.2) is 0 Å². The summed E-state index contributed by atoms with van der Waals surface area (Å²) in [6.45, 7) is 2.05. The molecule has 20 heavy (non-hydrogen) atoms. The van der Waals surface area contributed by atoms with E-state index in [2.05, 4.69) is 10.3 Å². The van der Waals surface area contributed by atoms with E-state index >= 15 is 0 Å². The van der Waals surface area contributed by atoms with Gasteiger partial charge >= 0.3 is 0 Å². The number of para-hydroxylation sites is 1. The number of pyridine rings is 1. The van der Waals surface area contributed by atoms with Crippen LogP contribution in [-0.4, -0.2) is 31.3 Å². The molecule has 1 aromatic carbocycles. The largest absolute Gasteiger partial charge is 0.494 e. The molecule has 0 unspecified atom stereocenters. The third-order valence-corrected chi connectivity index (χ3v) is 3.49. The molecule has 3 rings (SSSR count). The standard InChI is InChI=1S/C15H18N2O2.ClH/c1-18-14-4-2-3-12-13(7-10-17-15(12)14)19-11-5-8-16-9-6-11;/h2-4,7,10-11,16H,5-6,8-9H2,1H3;1H. The highest BCUT2D eigenvalue weighted by Gasteiger charge is 2.16. The first-order chi connectivity index (χ1) is 9.38. The van der Waals surface area contributed by atoms with Crippen molar-refractivity contribution in [3.05, 3.63) is 30.5 Å². The fourth-order valence-corrected chi connectivity index (χ4v) is 2.48. The van der Waals surface area contributed by atoms with Gasteiger partial charge in [0.05, 0.1) is 7.11 Å². The molecule has 1 aromatic heterocycles. The van der Waals surface area contributed by atoms with Crippen LogP contribution in [0, 0.1) is 0 Å². The zero-order valence-electron chi connectivity index (χ0n) is 11.5. The monoisotopic (exact) mass is 294 g/mol. The van der Waals surface area contributed by atoms with Gasteiger partial charge in [0.2, 0.25) is 0 Å². The summed E-state index contributed by atoms with van der Waals surface area (Å²) in [7, 11) is 1.66. The minimum Gasteiger partial charge on any atom is -0.494 e. The number of benzene rings is 1. The summed E-state index contributed by atoms with van der Waals surface area (Å²) in [5, 5.41) is 4.36. The van der Waals surface area contributed by atoms with Crippen LogP contribution in [-0.2, 0) is 0 Å². The molecule has 0 bridgehead atoms. The molecule has 1 fully saturated rings. The van der Waals surface area contributed by atoms with Gasteiger partial charge in [-0.15, -0.1) is 12.4 Å². The lowest BCUT2D eigenvalue weighted by molar-refractivity contribution is 0.164. The van der Waals surface area contributed by atoms with Gasteiger partial charge in [-0.1, -0.05) is 6.07 Å². The summed E-state index contributed by atoms with van der Waals surface area (Å²) in [6.07, 6.45) is 4.17. The number of hydrogen-bond donors (Lipinski definition) is 1. The molecule has 5 heteroatoms. The molecule has 1 aliphatic heterocycles. The number of hydrogen-bond acceptors (Lipinski definition) is 4. The van der Waals surface area contributed by atoms with E-state index < -0.39 is 0 Å². The zero-order chi connectivity index (χ0) is 13.1. The third kappa shape index (κ3) is 2.97. The van der Waals surface area contributed by atoms with Crippen molar-refractivity contribution in [3.8, 4) is 11.5 Å². The fourth-order valence-electron chi connectivity index (χ4n) is 2.48. The van der Waals surface area contributed by atoms with Crippen LogP contribution < -0.4 is 14.8 Å². The second-order valence-corrected chi connectivity index (χ2v) is 4.73. The zero-order valence-corrected chi connectivity index (χ0v) is 12.3. The SMILES string of the molecule is COc1cccc2c(OC3CCNCC3)ccnc12.Cl. The summed E-state index contributed by atoms with van der Waals surface area (Å²) < 4.78 is 11.5. The molecule has 0 atom stereocenters. The summed E-state index contributed by atoms with van der Waals surface area (Å²) in [4.78, 5) is 4.39. The second kappa shape index (κ2) is 6.77. The van der Waals surface area contributed by atoms with Crippen molar-refractivity contribution in [1.82, 2.24) is 10.3 Å². The third-order valence-electron chi connectivity index (χ3n) is 3.49. The van der Waals surface area contributed by atoms with Gasteiger partial charge in [0, 0.05) is 11.6 Å². The molecule has 1 saturated heterocycles. The van der Waals surface area contributed by atoms with Crippen molar-refractivity contribution in [1.29, 1.82) is 0 Å². The van der Waals surface area contributed by atoms with Crippen LogP contribution in [0.2, 0.25) is 0 Å². The molecule has 0 saturated carbocycles. The first kappa shape index (κ1) is 14.9. The number of rotatable bonds is 3. The van der Waals surface area contributed by atoms with E-state index in [1.54, 1.807) is 13.3 Å². The summed E-state index contributed by atoms with van der Waals surface area (Å²) >= 11 is 0. The Hall–Kier alpha value is -1.52. The van der Waals surface area contributed by atoms with Crippen LogP contribution in [0.3, 0.4) is 0 Å². The summed E-state index contributed by atoms with van der Waals surface area (Å²) in [5.74, 6) is 1.68. The van der Waals surface area contributed by atoms with E-state index in [1.165, 1.54) is 0 Å². The van der Waals surface area contributed by atoms with Gasteiger partial charge in [0.15, 0.2) is 0 Å². The smallest absolute Gasteiger partial charge is 0.145 e. The minimum atomic E-state index is 0. The number of methoxy groups -OCH3 is 1. The van der Waals surface area contributed by atoms with Gasteiger partial charge in [-0.05, 0) is 44.1 Å². The Bertz CT molecular complexity index is 571. The normalized spacial score (nSPS) is 15.7. The van der Waals surface area contributed by atoms with Crippen molar-refractivity contribution >= 4 is 23.3 Å². The molecule has 0 aliphatic carbocycles. The van der Waals surface area contributed by atoms with E-state index in [0.717, 1.165) is 48.3 Å². The van der Waals surface area contributed by atoms with Crippen LogP contribution in [0.15, 0.2) is 30.5 Å². The van der Waals surface area contributed by atoms with Crippen LogP contribution in [0.4, 0.5) is 0 Å². The molecule has 1 aliphatic rings. The van der Waals surface area contributed by atoms with Crippen LogP contribution >= 0.6 is 12.4 Å². The van der Waals surface area contributed by atoms with Crippen LogP contribution in [0.1, 0.15) is 12.8 Å². The van der Waals surface area contributed by atoms with E-state index in [-0.39, 0.29) is 18.5 Å². The molecule has 0 amide bonds. The lowest BCUT2D eigenvalue weighted by Crippen LogP contribution is -2.34. The Balaban J connectivity index is 0.00000147. The molecule has 2 heterocycles. The molecule has 4 nitrogen and oxygen atoms in total. The second-order valence-electron chi connectivity index (χ2n) is 4.73.